The van der Waals surface area contributed by atoms with Gasteiger partial charge in [-0.25, -0.2) is 18.3 Å². The normalized spacial score (nSPS) is 20.0. The molecule has 118 valence electrons. The Morgan fingerprint density at radius 1 is 1.43 bits per heavy atom. The van der Waals surface area contributed by atoms with E-state index in [2.05, 4.69) is 23.9 Å². The maximum atomic E-state index is 11.5. The Morgan fingerprint density at radius 3 is 2.67 bits per heavy atom. The van der Waals surface area contributed by atoms with Crippen LogP contribution in [-0.4, -0.2) is 20.6 Å². The number of sulfonamides is 1. The second-order valence-electron chi connectivity index (χ2n) is 5.46. The minimum absolute atomic E-state index is 0.0673. The van der Waals surface area contributed by atoms with Gasteiger partial charge in [0, 0.05) is 10.9 Å². The average Bonchev–Trinajstić information content (AvgIpc) is 2.35. The summed E-state index contributed by atoms with van der Waals surface area (Å²) < 4.78 is 26.1. The summed E-state index contributed by atoms with van der Waals surface area (Å²) in [5.41, 5.74) is 6.91. The van der Waals surface area contributed by atoms with Crippen LogP contribution < -0.4 is 20.9 Å². The van der Waals surface area contributed by atoms with E-state index >= 15 is 0 Å². The molecule has 1 aliphatic rings. The lowest BCUT2D eigenvalue weighted by Crippen LogP contribution is -2.49. The Hall–Kier alpha value is -0.510. The van der Waals surface area contributed by atoms with Crippen molar-refractivity contribution < 1.29 is 8.42 Å². The minimum atomic E-state index is -3.84. The van der Waals surface area contributed by atoms with E-state index in [0.29, 0.717) is 5.92 Å². The van der Waals surface area contributed by atoms with Crippen molar-refractivity contribution in [2.24, 2.45) is 16.8 Å². The number of hydrogen-bond acceptors (Lipinski definition) is 6. The molecule has 21 heavy (non-hydrogen) atoms. The molecule has 1 aromatic carbocycles. The fraction of sp³-hybridized carbons (Fsp3) is 0.500. The molecule has 0 radical (unpaired) electrons. The number of primary sulfonamides is 1. The highest BCUT2D eigenvalue weighted by Gasteiger charge is 2.26. The fourth-order valence-electron chi connectivity index (χ4n) is 2.15. The Kier molecular flexibility index (Phi) is 5.07. The molecule has 6 nitrogen and oxygen atoms in total. The van der Waals surface area contributed by atoms with Gasteiger partial charge in [-0.2, -0.15) is 0 Å². The highest BCUT2D eigenvalue weighted by Crippen LogP contribution is 2.36. The molecule has 0 saturated carbocycles. The predicted molar refractivity (Wildman–Crippen MR) is 86.7 cm³/mol. The number of benzene rings is 1. The van der Waals surface area contributed by atoms with Gasteiger partial charge in [0.2, 0.25) is 10.0 Å². The van der Waals surface area contributed by atoms with Gasteiger partial charge in [0.1, 0.15) is 11.1 Å². The molecule has 1 heterocycles. The zero-order chi connectivity index (χ0) is 15.8. The smallest absolute Gasteiger partial charge is 0.239 e. The predicted octanol–water partition coefficient (Wildman–Crippen LogP) is 1.71. The summed E-state index contributed by atoms with van der Waals surface area (Å²) in [5.74, 6) is 0.489. The summed E-state index contributed by atoms with van der Waals surface area (Å²) in [5, 5.41) is 8.48. The monoisotopic (exact) mass is 350 g/mol. The van der Waals surface area contributed by atoms with Gasteiger partial charge in [-0.3, -0.25) is 0 Å². The number of rotatable bonds is 4. The lowest BCUT2D eigenvalue weighted by molar-refractivity contribution is 0.438. The van der Waals surface area contributed by atoms with Gasteiger partial charge < -0.3 is 11.1 Å². The van der Waals surface area contributed by atoms with Crippen LogP contribution in [0.15, 0.2) is 21.9 Å². The van der Waals surface area contributed by atoms with Gasteiger partial charge in [0.05, 0.1) is 10.7 Å². The lowest BCUT2D eigenvalue weighted by Gasteiger charge is -2.32. The molecule has 0 amide bonds. The van der Waals surface area contributed by atoms with Crippen molar-refractivity contribution in [2.45, 2.75) is 42.3 Å². The molecule has 0 bridgehead atoms. The van der Waals surface area contributed by atoms with Gasteiger partial charge in [0.15, 0.2) is 0 Å². The van der Waals surface area contributed by atoms with Crippen molar-refractivity contribution in [1.82, 2.24) is 4.72 Å². The van der Waals surface area contributed by atoms with E-state index in [9.17, 15) is 8.42 Å². The maximum absolute atomic E-state index is 11.5. The minimum Gasteiger partial charge on any atom is -0.367 e. The fourth-order valence-corrected chi connectivity index (χ4v) is 4.21. The van der Waals surface area contributed by atoms with Crippen LogP contribution in [0.4, 0.5) is 5.69 Å². The van der Waals surface area contributed by atoms with Crippen molar-refractivity contribution in [3.05, 3.63) is 17.2 Å². The average molecular weight is 351 g/mol. The SMILES string of the molecule is CC(C)CC(N)C1NSc2cc(S(N)(=O)=O)c(Cl)cc2N1. The van der Waals surface area contributed by atoms with Crippen LogP contribution in [0, 0.1) is 5.92 Å². The first kappa shape index (κ1) is 16.9. The molecule has 9 heteroatoms. The molecule has 0 spiro atoms. The first-order valence-electron chi connectivity index (χ1n) is 6.49. The zero-order valence-electron chi connectivity index (χ0n) is 11.8. The third kappa shape index (κ3) is 4.02. The van der Waals surface area contributed by atoms with Crippen molar-refractivity contribution in [2.75, 3.05) is 5.32 Å². The molecular formula is C12H19ClN4O2S2. The molecule has 2 unspecified atom stereocenters. The van der Waals surface area contributed by atoms with Crippen LogP contribution in [0.5, 0.6) is 0 Å². The van der Waals surface area contributed by atoms with E-state index < -0.39 is 10.0 Å². The van der Waals surface area contributed by atoms with Gasteiger partial charge in [0.25, 0.3) is 0 Å². The third-order valence-electron chi connectivity index (χ3n) is 3.12. The van der Waals surface area contributed by atoms with E-state index in [-0.39, 0.29) is 22.1 Å². The summed E-state index contributed by atoms with van der Waals surface area (Å²) in [4.78, 5) is 0.639. The largest absolute Gasteiger partial charge is 0.367 e. The molecule has 6 N–H and O–H groups in total. The van der Waals surface area contributed by atoms with Crippen LogP contribution in [0.25, 0.3) is 0 Å². The highest BCUT2D eigenvalue weighted by molar-refractivity contribution is 7.97. The van der Waals surface area contributed by atoms with Crippen molar-refractivity contribution in [1.29, 1.82) is 0 Å². The number of hydrogen-bond donors (Lipinski definition) is 4. The van der Waals surface area contributed by atoms with Crippen LogP contribution in [0.1, 0.15) is 20.3 Å². The first-order valence-corrected chi connectivity index (χ1v) is 9.23. The van der Waals surface area contributed by atoms with Crippen molar-refractivity contribution in [3.8, 4) is 0 Å². The van der Waals surface area contributed by atoms with E-state index in [1.807, 2.05) is 0 Å². The molecule has 0 aromatic heterocycles. The standard InChI is InChI=1S/C12H19ClN4O2S2/c1-6(2)3-8(14)12-16-9-4-7(13)11(21(15,18)19)5-10(9)20-17-12/h4-6,8,12,16-17H,3,14H2,1-2H3,(H2,15,18,19). The first-order chi connectivity index (χ1) is 9.68. The quantitative estimate of drug-likeness (QED) is 0.615. The van der Waals surface area contributed by atoms with Crippen LogP contribution in [-0.2, 0) is 10.0 Å². The summed E-state index contributed by atoms with van der Waals surface area (Å²) in [7, 11) is -3.84. The van der Waals surface area contributed by atoms with E-state index in [1.54, 1.807) is 6.07 Å². The molecule has 0 fully saturated rings. The Bertz CT molecular complexity index is 636. The van der Waals surface area contributed by atoms with Crippen LogP contribution in [0.2, 0.25) is 5.02 Å². The second-order valence-corrected chi connectivity index (χ2v) is 8.28. The number of nitrogens with one attached hydrogen (secondary N) is 2. The van der Waals surface area contributed by atoms with Crippen LogP contribution in [0.3, 0.4) is 0 Å². The van der Waals surface area contributed by atoms with Gasteiger partial charge in [-0.15, -0.1) is 0 Å². The maximum Gasteiger partial charge on any atom is 0.239 e. The number of fused-ring (bicyclic) bond motifs is 1. The van der Waals surface area contributed by atoms with Crippen molar-refractivity contribution in [3.63, 3.8) is 0 Å². The van der Waals surface area contributed by atoms with E-state index in [0.717, 1.165) is 17.0 Å². The number of anilines is 1. The second kappa shape index (κ2) is 6.31. The molecule has 0 saturated heterocycles. The van der Waals surface area contributed by atoms with E-state index in [4.69, 9.17) is 22.5 Å². The Morgan fingerprint density at radius 2 is 2.10 bits per heavy atom. The van der Waals surface area contributed by atoms with Gasteiger partial charge in [-0.1, -0.05) is 25.4 Å². The third-order valence-corrected chi connectivity index (χ3v) is 5.42. The Labute approximate surface area is 134 Å². The molecule has 1 aromatic rings. The number of nitrogens with two attached hydrogens (primary N) is 2. The van der Waals surface area contributed by atoms with E-state index in [1.165, 1.54) is 18.0 Å². The number of halogens is 1. The molecule has 1 aliphatic heterocycles. The molecular weight excluding hydrogens is 332 g/mol. The topological polar surface area (TPSA) is 110 Å². The Balaban J connectivity index is 2.25. The van der Waals surface area contributed by atoms with Crippen molar-refractivity contribution >= 4 is 39.3 Å². The van der Waals surface area contributed by atoms with Gasteiger partial charge in [-0.05, 0) is 36.4 Å². The zero-order valence-corrected chi connectivity index (χ0v) is 14.1. The van der Waals surface area contributed by atoms with Crippen LogP contribution >= 0.6 is 23.5 Å². The molecule has 0 aliphatic carbocycles. The summed E-state index contributed by atoms with van der Waals surface area (Å²) in [6, 6.07) is 2.96. The summed E-state index contributed by atoms with van der Waals surface area (Å²) in [6.07, 6.45) is 0.755. The lowest BCUT2D eigenvalue weighted by atomic mass is 10.0. The highest BCUT2D eigenvalue weighted by atomic mass is 35.5. The summed E-state index contributed by atoms with van der Waals surface area (Å²) in [6.45, 7) is 4.22. The summed E-state index contributed by atoms with van der Waals surface area (Å²) >= 11 is 7.32. The van der Waals surface area contributed by atoms with Gasteiger partial charge >= 0.3 is 0 Å². The molecule has 2 rings (SSSR count). The molecule has 2 atom stereocenters.